The van der Waals surface area contributed by atoms with Crippen molar-refractivity contribution < 1.29 is 14.4 Å². The van der Waals surface area contributed by atoms with Gasteiger partial charge in [-0.1, -0.05) is 11.3 Å². The molecule has 0 atom stereocenters. The van der Waals surface area contributed by atoms with Crippen molar-refractivity contribution >= 4 is 58.6 Å². The molecular formula is C15H20ClN7O3S. The van der Waals surface area contributed by atoms with Crippen LogP contribution in [0.2, 0.25) is 0 Å². The first-order valence-corrected chi connectivity index (χ1v) is 8.40. The van der Waals surface area contributed by atoms with Crippen LogP contribution in [0.15, 0.2) is 12.3 Å². The maximum absolute atomic E-state index is 12.4. The summed E-state index contributed by atoms with van der Waals surface area (Å²) >= 11 is 1.06. The highest BCUT2D eigenvalue weighted by molar-refractivity contribution is 7.17. The van der Waals surface area contributed by atoms with E-state index in [0.29, 0.717) is 33.5 Å². The minimum atomic E-state index is -0.381. The second-order valence-electron chi connectivity index (χ2n) is 5.41. The molecule has 146 valence electrons. The van der Waals surface area contributed by atoms with Gasteiger partial charge in [-0.3, -0.25) is 19.8 Å². The summed E-state index contributed by atoms with van der Waals surface area (Å²) in [6, 6.07) is 1.54. The van der Waals surface area contributed by atoms with E-state index in [1.54, 1.807) is 30.8 Å². The van der Waals surface area contributed by atoms with Gasteiger partial charge in [0.1, 0.15) is 10.6 Å². The van der Waals surface area contributed by atoms with E-state index in [2.05, 4.69) is 20.9 Å². The molecule has 12 heteroatoms. The van der Waals surface area contributed by atoms with Crippen molar-refractivity contribution in [3.05, 3.63) is 28.5 Å². The highest BCUT2D eigenvalue weighted by Crippen LogP contribution is 2.23. The van der Waals surface area contributed by atoms with Crippen molar-refractivity contribution in [2.24, 2.45) is 12.8 Å². The zero-order valence-electron chi connectivity index (χ0n) is 14.7. The van der Waals surface area contributed by atoms with Gasteiger partial charge in [-0.2, -0.15) is 0 Å². The summed E-state index contributed by atoms with van der Waals surface area (Å²) < 4.78 is 1.58. The van der Waals surface area contributed by atoms with Crippen LogP contribution >= 0.6 is 23.7 Å². The third-order valence-corrected chi connectivity index (χ3v) is 4.45. The molecule has 0 fully saturated rings. The van der Waals surface area contributed by atoms with Crippen molar-refractivity contribution in [2.75, 3.05) is 17.2 Å². The number of hydrogen-bond donors (Lipinski definition) is 5. The van der Waals surface area contributed by atoms with Gasteiger partial charge < -0.3 is 26.3 Å². The van der Waals surface area contributed by atoms with Crippen LogP contribution in [0.4, 0.5) is 10.8 Å². The fourth-order valence-corrected chi connectivity index (χ4v) is 2.99. The molecule has 0 aromatic carbocycles. The lowest BCUT2D eigenvalue weighted by Gasteiger charge is -2.04. The molecule has 0 radical (unpaired) electrons. The van der Waals surface area contributed by atoms with E-state index in [9.17, 15) is 14.4 Å². The van der Waals surface area contributed by atoms with Crippen molar-refractivity contribution in [3.63, 3.8) is 0 Å². The Hall–Kier alpha value is -2.92. The molecule has 10 nitrogen and oxygen atoms in total. The standard InChI is InChI=1S/C15H19N7O3S.ClH/c1-8-12(26-15(20-8)19-7-23)14(25)21-9-5-10(22(2)6-9)13(24)18-4-3-11(16)17;/h5-7H,3-4H2,1-2H3,(H3,16,17)(H,18,24)(H,21,25)(H,19,20,23);1H. The quantitative estimate of drug-likeness (QED) is 0.249. The molecule has 0 saturated carbocycles. The summed E-state index contributed by atoms with van der Waals surface area (Å²) in [6.07, 6.45) is 2.37. The second kappa shape index (κ2) is 9.69. The predicted molar refractivity (Wildman–Crippen MR) is 106 cm³/mol. The van der Waals surface area contributed by atoms with E-state index in [4.69, 9.17) is 11.1 Å². The number of carbonyl (C=O) groups is 3. The molecule has 6 N–H and O–H groups in total. The number of rotatable bonds is 8. The maximum Gasteiger partial charge on any atom is 0.267 e. The largest absolute Gasteiger partial charge is 0.388 e. The van der Waals surface area contributed by atoms with Crippen molar-refractivity contribution in [3.8, 4) is 0 Å². The van der Waals surface area contributed by atoms with E-state index in [1.165, 1.54) is 0 Å². The first-order valence-electron chi connectivity index (χ1n) is 7.58. The van der Waals surface area contributed by atoms with Gasteiger partial charge in [0.15, 0.2) is 5.13 Å². The van der Waals surface area contributed by atoms with Crippen molar-refractivity contribution in [1.82, 2.24) is 14.9 Å². The van der Waals surface area contributed by atoms with Gasteiger partial charge in [0.2, 0.25) is 6.41 Å². The van der Waals surface area contributed by atoms with E-state index in [1.807, 2.05) is 0 Å². The molecular weight excluding hydrogens is 394 g/mol. The number of halogens is 1. The first-order chi connectivity index (χ1) is 12.3. The summed E-state index contributed by atoms with van der Waals surface area (Å²) in [5.74, 6) is -0.720. The van der Waals surface area contributed by atoms with Gasteiger partial charge >= 0.3 is 0 Å². The normalized spacial score (nSPS) is 9.85. The molecule has 0 saturated heterocycles. The SMILES string of the molecule is Cc1nc(NC=O)sc1C(=O)Nc1cc(C(=O)NCCC(=N)N)n(C)c1.Cl. The number of amidine groups is 1. The fraction of sp³-hybridized carbons (Fsp3) is 0.267. The van der Waals surface area contributed by atoms with Crippen LogP contribution < -0.4 is 21.7 Å². The summed E-state index contributed by atoms with van der Waals surface area (Å²) in [5.41, 5.74) is 6.55. The highest BCUT2D eigenvalue weighted by atomic mass is 35.5. The number of thiazole rings is 1. The second-order valence-corrected chi connectivity index (χ2v) is 6.40. The molecule has 2 aromatic rings. The van der Waals surface area contributed by atoms with Gasteiger partial charge in [0.05, 0.1) is 17.2 Å². The number of carbonyl (C=O) groups excluding carboxylic acids is 3. The van der Waals surface area contributed by atoms with Gasteiger partial charge in [-0.05, 0) is 13.0 Å². The van der Waals surface area contributed by atoms with Crippen LogP contribution in [0.1, 0.15) is 32.3 Å². The van der Waals surface area contributed by atoms with Gasteiger partial charge in [-0.15, -0.1) is 12.4 Å². The van der Waals surface area contributed by atoms with Crippen molar-refractivity contribution in [2.45, 2.75) is 13.3 Å². The van der Waals surface area contributed by atoms with Gasteiger partial charge in [0, 0.05) is 26.2 Å². The monoisotopic (exact) mass is 413 g/mol. The minimum absolute atomic E-state index is 0. The fourth-order valence-electron chi connectivity index (χ4n) is 2.17. The average molecular weight is 414 g/mol. The zero-order valence-corrected chi connectivity index (χ0v) is 16.3. The Labute approximate surface area is 165 Å². The van der Waals surface area contributed by atoms with Gasteiger partial charge in [0.25, 0.3) is 11.8 Å². The molecule has 0 spiro atoms. The van der Waals surface area contributed by atoms with Crippen LogP contribution in [-0.2, 0) is 11.8 Å². The predicted octanol–water partition coefficient (Wildman–Crippen LogP) is 1.09. The molecule has 2 rings (SSSR count). The zero-order chi connectivity index (χ0) is 19.3. The number of nitrogens with one attached hydrogen (secondary N) is 4. The van der Waals surface area contributed by atoms with E-state index in [0.717, 1.165) is 11.3 Å². The molecule has 0 bridgehead atoms. The number of hydrogen-bond acceptors (Lipinski definition) is 6. The summed E-state index contributed by atoms with van der Waals surface area (Å²) in [7, 11) is 1.68. The number of nitrogens with zero attached hydrogens (tertiary/aromatic N) is 2. The van der Waals surface area contributed by atoms with E-state index >= 15 is 0 Å². The molecule has 2 heterocycles. The first kappa shape index (κ1) is 22.1. The number of anilines is 2. The molecule has 0 aliphatic rings. The van der Waals surface area contributed by atoms with Crippen LogP contribution in [0.25, 0.3) is 0 Å². The van der Waals surface area contributed by atoms with Gasteiger partial charge in [-0.25, -0.2) is 4.98 Å². The number of aromatic nitrogens is 2. The van der Waals surface area contributed by atoms with Crippen LogP contribution in [-0.4, -0.2) is 40.2 Å². The van der Waals surface area contributed by atoms with Crippen LogP contribution in [0.5, 0.6) is 0 Å². The lowest BCUT2D eigenvalue weighted by atomic mass is 10.3. The Kier molecular flexibility index (Phi) is 7.94. The minimum Gasteiger partial charge on any atom is -0.388 e. The molecule has 0 aliphatic heterocycles. The molecule has 27 heavy (non-hydrogen) atoms. The molecule has 0 unspecified atom stereocenters. The van der Waals surface area contributed by atoms with E-state index in [-0.39, 0.29) is 43.0 Å². The van der Waals surface area contributed by atoms with E-state index < -0.39 is 0 Å². The lowest BCUT2D eigenvalue weighted by Crippen LogP contribution is -2.28. The summed E-state index contributed by atoms with van der Waals surface area (Å²) in [4.78, 5) is 39.4. The Morgan fingerprint density at radius 1 is 1.41 bits per heavy atom. The Morgan fingerprint density at radius 3 is 2.74 bits per heavy atom. The number of nitrogens with two attached hydrogens (primary N) is 1. The molecule has 2 aromatic heterocycles. The third-order valence-electron chi connectivity index (χ3n) is 3.36. The highest BCUT2D eigenvalue weighted by Gasteiger charge is 2.18. The maximum atomic E-state index is 12.4. The van der Waals surface area contributed by atoms with Crippen molar-refractivity contribution in [1.29, 1.82) is 5.41 Å². The lowest BCUT2D eigenvalue weighted by molar-refractivity contribution is -0.105. The Bertz CT molecular complexity index is 862. The Morgan fingerprint density at radius 2 is 2.11 bits per heavy atom. The summed E-state index contributed by atoms with van der Waals surface area (Å²) in [6.45, 7) is 1.92. The third kappa shape index (κ3) is 5.79. The smallest absolute Gasteiger partial charge is 0.267 e. The topological polar surface area (TPSA) is 155 Å². The number of amides is 3. The Balaban J connectivity index is 0.00000364. The van der Waals surface area contributed by atoms with Crippen LogP contribution in [0.3, 0.4) is 0 Å². The number of aryl methyl sites for hydroxylation is 2. The molecule has 0 aliphatic carbocycles. The van der Waals surface area contributed by atoms with Crippen LogP contribution in [0, 0.1) is 12.3 Å². The summed E-state index contributed by atoms with van der Waals surface area (Å²) in [5, 5.41) is 15.2. The molecule has 3 amide bonds. The average Bonchev–Trinajstić information content (AvgIpc) is 3.10.